The van der Waals surface area contributed by atoms with Crippen LogP contribution in [-0.2, 0) is 0 Å². The van der Waals surface area contributed by atoms with E-state index in [1.165, 1.54) is 0 Å². The van der Waals surface area contributed by atoms with Crippen molar-refractivity contribution in [3.63, 3.8) is 0 Å². The first-order valence-corrected chi connectivity index (χ1v) is 3.97. The van der Waals surface area contributed by atoms with E-state index in [4.69, 9.17) is 0 Å². The minimum absolute atomic E-state index is 0.546. The van der Waals surface area contributed by atoms with Crippen LogP contribution >= 0.6 is 0 Å². The molecule has 2 N–H and O–H groups in total. The summed E-state index contributed by atoms with van der Waals surface area (Å²) >= 11 is 0. The molecule has 0 saturated carbocycles. The molecule has 0 aliphatic carbocycles. The van der Waals surface area contributed by atoms with Gasteiger partial charge < -0.3 is 10.1 Å². The van der Waals surface area contributed by atoms with Crippen LogP contribution in [-0.4, -0.2) is 20.3 Å². The summed E-state index contributed by atoms with van der Waals surface area (Å²) in [6.45, 7) is 0. The Bertz CT molecular complexity index is 358. The summed E-state index contributed by atoms with van der Waals surface area (Å²) in [4.78, 5) is 2.92. The first-order chi connectivity index (χ1) is 6.38. The molecule has 4 heteroatoms. The highest BCUT2D eigenvalue weighted by molar-refractivity contribution is 5.18. The monoisotopic (exact) mass is 175 g/mol. The Morgan fingerprint density at radius 1 is 1.31 bits per heavy atom. The van der Waals surface area contributed by atoms with Crippen molar-refractivity contribution >= 4 is 0 Å². The average molecular weight is 175 g/mol. The zero-order valence-electron chi connectivity index (χ0n) is 6.88. The van der Waals surface area contributed by atoms with Crippen molar-refractivity contribution in [1.29, 1.82) is 0 Å². The molecule has 4 nitrogen and oxygen atoms in total. The number of H-pyrrole nitrogens is 1. The molecule has 0 aliphatic rings. The maximum Gasteiger partial charge on any atom is 0.137 e. The van der Waals surface area contributed by atoms with Gasteiger partial charge in [-0.25, -0.2) is 0 Å². The maximum absolute atomic E-state index is 9.75. The quantitative estimate of drug-likeness (QED) is 0.712. The van der Waals surface area contributed by atoms with E-state index in [9.17, 15) is 5.11 Å². The lowest BCUT2D eigenvalue weighted by atomic mass is 10.2. The van der Waals surface area contributed by atoms with Crippen LogP contribution in [0.1, 0.15) is 17.5 Å². The molecule has 2 heterocycles. The largest absolute Gasteiger partial charge is 0.380 e. The molecule has 2 rings (SSSR count). The fraction of sp³-hybridized carbons (Fsp3) is 0.111. The third kappa shape index (κ3) is 1.57. The number of hydrogen-bond acceptors (Lipinski definition) is 3. The molecular weight excluding hydrogens is 166 g/mol. The van der Waals surface area contributed by atoms with Crippen LogP contribution in [0.5, 0.6) is 0 Å². The fourth-order valence-corrected chi connectivity index (χ4v) is 1.13. The van der Waals surface area contributed by atoms with Gasteiger partial charge in [0.1, 0.15) is 6.10 Å². The Labute approximate surface area is 75.3 Å². The Balaban J connectivity index is 2.29. The van der Waals surface area contributed by atoms with E-state index in [1.807, 2.05) is 6.07 Å². The first-order valence-electron chi connectivity index (χ1n) is 3.97. The van der Waals surface area contributed by atoms with Gasteiger partial charge in [0.05, 0.1) is 11.4 Å². The molecule has 13 heavy (non-hydrogen) atoms. The van der Waals surface area contributed by atoms with Crippen LogP contribution in [0.25, 0.3) is 0 Å². The Morgan fingerprint density at radius 3 is 2.85 bits per heavy atom. The second-order valence-electron chi connectivity index (χ2n) is 2.68. The van der Waals surface area contributed by atoms with Crippen molar-refractivity contribution in [2.75, 3.05) is 0 Å². The lowest BCUT2D eigenvalue weighted by Crippen LogP contribution is -2.02. The second kappa shape index (κ2) is 3.37. The number of aromatic nitrogens is 3. The van der Waals surface area contributed by atoms with Gasteiger partial charge in [0.15, 0.2) is 0 Å². The van der Waals surface area contributed by atoms with Gasteiger partial charge in [0.25, 0.3) is 0 Å². The van der Waals surface area contributed by atoms with Crippen LogP contribution in [0.15, 0.2) is 36.7 Å². The highest BCUT2D eigenvalue weighted by atomic mass is 16.3. The van der Waals surface area contributed by atoms with E-state index in [0.717, 1.165) is 5.69 Å². The zero-order valence-corrected chi connectivity index (χ0v) is 6.88. The summed E-state index contributed by atoms with van der Waals surface area (Å²) in [5.74, 6) is 0. The number of aliphatic hydroxyl groups is 1. The van der Waals surface area contributed by atoms with Crippen LogP contribution in [0, 0.1) is 0 Å². The van der Waals surface area contributed by atoms with E-state index in [-0.39, 0.29) is 0 Å². The predicted molar refractivity (Wildman–Crippen MR) is 46.9 cm³/mol. The van der Waals surface area contributed by atoms with E-state index in [2.05, 4.69) is 15.2 Å². The van der Waals surface area contributed by atoms with Crippen LogP contribution in [0.4, 0.5) is 0 Å². The SMILES string of the molecule is OC(c1cccnn1)c1ccc[nH]1. The van der Waals surface area contributed by atoms with Gasteiger partial charge in [-0.15, -0.1) is 0 Å². The number of aliphatic hydroxyl groups excluding tert-OH is 1. The van der Waals surface area contributed by atoms with Gasteiger partial charge in [-0.05, 0) is 24.3 Å². The molecule has 0 aromatic carbocycles. The van der Waals surface area contributed by atoms with Crippen LogP contribution in [0.2, 0.25) is 0 Å². The topological polar surface area (TPSA) is 61.8 Å². The molecule has 0 bridgehead atoms. The molecule has 1 atom stereocenters. The van der Waals surface area contributed by atoms with E-state index >= 15 is 0 Å². The normalized spacial score (nSPS) is 12.7. The first kappa shape index (κ1) is 7.94. The van der Waals surface area contributed by atoms with Gasteiger partial charge in [-0.3, -0.25) is 0 Å². The zero-order chi connectivity index (χ0) is 9.10. The molecule has 66 valence electrons. The van der Waals surface area contributed by atoms with E-state index in [1.54, 1.807) is 30.6 Å². The Hall–Kier alpha value is -1.68. The van der Waals surface area contributed by atoms with Crippen molar-refractivity contribution in [3.8, 4) is 0 Å². The third-order valence-corrected chi connectivity index (χ3v) is 1.79. The van der Waals surface area contributed by atoms with Crippen molar-refractivity contribution < 1.29 is 5.11 Å². The molecule has 0 spiro atoms. The lowest BCUT2D eigenvalue weighted by Gasteiger charge is -2.05. The minimum atomic E-state index is -0.719. The summed E-state index contributed by atoms with van der Waals surface area (Å²) in [5.41, 5.74) is 1.27. The van der Waals surface area contributed by atoms with Gasteiger partial charge >= 0.3 is 0 Å². The van der Waals surface area contributed by atoms with E-state index in [0.29, 0.717) is 5.69 Å². The molecule has 1 unspecified atom stereocenters. The summed E-state index contributed by atoms with van der Waals surface area (Å²) in [7, 11) is 0. The molecule has 0 saturated heterocycles. The fourth-order valence-electron chi connectivity index (χ4n) is 1.13. The van der Waals surface area contributed by atoms with Crippen molar-refractivity contribution in [2.24, 2.45) is 0 Å². The summed E-state index contributed by atoms with van der Waals surface area (Å²) < 4.78 is 0. The number of hydrogen-bond donors (Lipinski definition) is 2. The lowest BCUT2D eigenvalue weighted by molar-refractivity contribution is 0.210. The van der Waals surface area contributed by atoms with E-state index < -0.39 is 6.10 Å². The average Bonchev–Trinajstić information content (AvgIpc) is 2.71. The van der Waals surface area contributed by atoms with Crippen molar-refractivity contribution in [1.82, 2.24) is 15.2 Å². The summed E-state index contributed by atoms with van der Waals surface area (Å²) in [5, 5.41) is 17.3. The van der Waals surface area contributed by atoms with Gasteiger partial charge in [-0.2, -0.15) is 10.2 Å². The molecule has 0 aliphatic heterocycles. The number of aromatic amines is 1. The Kier molecular flexibility index (Phi) is 2.06. The second-order valence-corrected chi connectivity index (χ2v) is 2.68. The molecule has 0 amide bonds. The molecular formula is C9H9N3O. The third-order valence-electron chi connectivity index (χ3n) is 1.79. The Morgan fingerprint density at radius 2 is 2.23 bits per heavy atom. The van der Waals surface area contributed by atoms with Crippen molar-refractivity contribution in [2.45, 2.75) is 6.10 Å². The number of nitrogens with one attached hydrogen (secondary N) is 1. The smallest absolute Gasteiger partial charge is 0.137 e. The minimum Gasteiger partial charge on any atom is -0.380 e. The summed E-state index contributed by atoms with van der Waals surface area (Å²) in [6.07, 6.45) is 2.61. The van der Waals surface area contributed by atoms with Gasteiger partial charge in [0, 0.05) is 12.4 Å². The predicted octanol–water partition coefficient (Wildman–Crippen LogP) is 0.886. The highest BCUT2D eigenvalue weighted by Crippen LogP contribution is 2.16. The van der Waals surface area contributed by atoms with Gasteiger partial charge in [-0.1, -0.05) is 0 Å². The van der Waals surface area contributed by atoms with Gasteiger partial charge in [0.2, 0.25) is 0 Å². The molecule has 2 aromatic heterocycles. The highest BCUT2D eigenvalue weighted by Gasteiger charge is 2.11. The van der Waals surface area contributed by atoms with Crippen LogP contribution in [0.3, 0.4) is 0 Å². The summed E-state index contributed by atoms with van der Waals surface area (Å²) in [6, 6.07) is 7.11. The molecule has 0 fully saturated rings. The maximum atomic E-state index is 9.75. The van der Waals surface area contributed by atoms with Crippen molar-refractivity contribution in [3.05, 3.63) is 48.0 Å². The molecule has 2 aromatic rings. The molecule has 0 radical (unpaired) electrons. The number of rotatable bonds is 2. The van der Waals surface area contributed by atoms with Crippen LogP contribution < -0.4 is 0 Å². The standard InChI is InChI=1S/C9H9N3O/c13-9(7-3-1-5-10-7)8-4-2-6-11-12-8/h1-6,9-10,13H. The number of nitrogens with zero attached hydrogens (tertiary/aromatic N) is 2.